The van der Waals surface area contributed by atoms with Crippen molar-refractivity contribution in [3.63, 3.8) is 0 Å². The number of nitrogens with one attached hydrogen (secondary N) is 1. The van der Waals surface area contributed by atoms with Crippen LogP contribution in [0.5, 0.6) is 0 Å². The summed E-state index contributed by atoms with van der Waals surface area (Å²) in [4.78, 5) is 12.0. The number of fused-ring (bicyclic) bond motifs is 1. The fourth-order valence-electron chi connectivity index (χ4n) is 3.95. The summed E-state index contributed by atoms with van der Waals surface area (Å²) < 4.78 is 75.8. The summed E-state index contributed by atoms with van der Waals surface area (Å²) in [5.41, 5.74) is -1.42. The molecular formula is C22H21F3N2O4S. The standard InChI is InChI=1S/C22H21F3N2O4S/c1-2-17(28)21-15-5-4-14(20(25)22(15)27-26-21)18-16(23)6-3-12(19(18)24)11-32(29,30)13-7-9-31-10-8-13/h3-6,13H,2,7-11H2,1H3,(H,26,27). The van der Waals surface area contributed by atoms with Crippen molar-refractivity contribution in [1.29, 1.82) is 0 Å². The number of halogens is 3. The summed E-state index contributed by atoms with van der Waals surface area (Å²) in [6, 6.07) is 4.52. The average Bonchev–Trinajstić information content (AvgIpc) is 3.22. The fraction of sp³-hybridized carbons (Fsp3) is 0.364. The van der Waals surface area contributed by atoms with Crippen LogP contribution in [0.1, 0.15) is 42.2 Å². The summed E-state index contributed by atoms with van der Waals surface area (Å²) >= 11 is 0. The number of hydrogen-bond acceptors (Lipinski definition) is 5. The zero-order valence-electron chi connectivity index (χ0n) is 17.3. The van der Waals surface area contributed by atoms with Gasteiger partial charge in [0.1, 0.15) is 22.8 Å². The minimum absolute atomic E-state index is 0.116. The molecule has 0 aliphatic carbocycles. The van der Waals surface area contributed by atoms with Gasteiger partial charge in [-0.1, -0.05) is 19.1 Å². The number of ketones is 1. The summed E-state index contributed by atoms with van der Waals surface area (Å²) in [5, 5.41) is 5.81. The minimum atomic E-state index is -3.72. The van der Waals surface area contributed by atoms with Crippen LogP contribution in [0, 0.1) is 17.5 Å². The van der Waals surface area contributed by atoms with Gasteiger partial charge in [0, 0.05) is 36.1 Å². The molecule has 0 amide bonds. The van der Waals surface area contributed by atoms with Gasteiger partial charge < -0.3 is 4.74 Å². The van der Waals surface area contributed by atoms with E-state index in [1.807, 2.05) is 0 Å². The van der Waals surface area contributed by atoms with E-state index < -0.39 is 49.4 Å². The summed E-state index contributed by atoms with van der Waals surface area (Å²) in [6.45, 7) is 2.25. The Morgan fingerprint density at radius 1 is 1.12 bits per heavy atom. The maximum Gasteiger partial charge on any atom is 0.180 e. The Morgan fingerprint density at radius 3 is 2.53 bits per heavy atom. The number of aromatic amines is 1. The predicted molar refractivity (Wildman–Crippen MR) is 112 cm³/mol. The maximum atomic E-state index is 15.3. The maximum absolute atomic E-state index is 15.3. The molecule has 6 nitrogen and oxygen atoms in total. The lowest BCUT2D eigenvalue weighted by Gasteiger charge is -2.22. The van der Waals surface area contributed by atoms with Gasteiger partial charge in [0.25, 0.3) is 0 Å². The molecule has 0 spiro atoms. The third kappa shape index (κ3) is 3.93. The van der Waals surface area contributed by atoms with Gasteiger partial charge in [-0.25, -0.2) is 21.6 Å². The molecule has 2 aromatic carbocycles. The van der Waals surface area contributed by atoms with Crippen molar-refractivity contribution < 1.29 is 31.1 Å². The highest BCUT2D eigenvalue weighted by molar-refractivity contribution is 7.91. The predicted octanol–water partition coefficient (Wildman–Crippen LogP) is 4.33. The molecule has 1 N–H and O–H groups in total. The van der Waals surface area contributed by atoms with E-state index in [1.165, 1.54) is 6.07 Å². The molecule has 1 aliphatic rings. The molecule has 32 heavy (non-hydrogen) atoms. The number of benzene rings is 2. The summed E-state index contributed by atoms with van der Waals surface area (Å²) in [5.74, 6) is -4.08. The van der Waals surface area contributed by atoms with Gasteiger partial charge in [0.05, 0.1) is 16.6 Å². The molecule has 3 aromatic rings. The Morgan fingerprint density at radius 2 is 1.84 bits per heavy atom. The van der Waals surface area contributed by atoms with Crippen molar-refractivity contribution in [2.24, 2.45) is 0 Å². The van der Waals surface area contributed by atoms with Gasteiger partial charge >= 0.3 is 0 Å². The molecular weight excluding hydrogens is 445 g/mol. The van der Waals surface area contributed by atoms with Crippen molar-refractivity contribution >= 4 is 26.5 Å². The van der Waals surface area contributed by atoms with E-state index in [2.05, 4.69) is 10.2 Å². The highest BCUT2D eigenvalue weighted by atomic mass is 32.2. The van der Waals surface area contributed by atoms with Crippen LogP contribution in [0.4, 0.5) is 13.2 Å². The quantitative estimate of drug-likeness (QED) is 0.546. The van der Waals surface area contributed by atoms with E-state index in [-0.39, 0.29) is 34.4 Å². The third-order valence-corrected chi connectivity index (χ3v) is 7.94. The topological polar surface area (TPSA) is 89.1 Å². The van der Waals surface area contributed by atoms with Gasteiger partial charge in [-0.2, -0.15) is 5.10 Å². The number of ether oxygens (including phenoxy) is 1. The van der Waals surface area contributed by atoms with Crippen molar-refractivity contribution in [2.45, 2.75) is 37.2 Å². The van der Waals surface area contributed by atoms with Crippen LogP contribution in [0.25, 0.3) is 22.0 Å². The van der Waals surface area contributed by atoms with Crippen LogP contribution in [-0.2, 0) is 20.3 Å². The summed E-state index contributed by atoms with van der Waals surface area (Å²) in [6.07, 6.45) is 0.788. The van der Waals surface area contributed by atoms with Gasteiger partial charge in [-0.05, 0) is 25.0 Å². The molecule has 170 valence electrons. The first-order valence-corrected chi connectivity index (χ1v) is 11.9. The number of rotatable bonds is 6. The Kier molecular flexibility index (Phi) is 6.09. The van der Waals surface area contributed by atoms with Crippen LogP contribution in [0.2, 0.25) is 0 Å². The van der Waals surface area contributed by atoms with Crippen molar-refractivity contribution in [2.75, 3.05) is 13.2 Å². The minimum Gasteiger partial charge on any atom is -0.381 e. The van der Waals surface area contributed by atoms with Crippen molar-refractivity contribution in [3.8, 4) is 11.1 Å². The van der Waals surface area contributed by atoms with E-state index in [1.54, 1.807) is 6.92 Å². The molecule has 1 aliphatic heterocycles. The third-order valence-electron chi connectivity index (χ3n) is 5.74. The molecule has 0 unspecified atom stereocenters. The molecule has 0 saturated carbocycles. The molecule has 10 heteroatoms. The molecule has 4 rings (SSSR count). The van der Waals surface area contributed by atoms with E-state index in [0.717, 1.165) is 18.2 Å². The van der Waals surface area contributed by atoms with Crippen LogP contribution >= 0.6 is 0 Å². The number of nitrogens with zero attached hydrogens (tertiary/aromatic N) is 1. The molecule has 0 radical (unpaired) electrons. The molecule has 0 atom stereocenters. The number of hydrogen-bond donors (Lipinski definition) is 1. The number of sulfone groups is 1. The molecule has 0 bridgehead atoms. The normalized spacial score (nSPS) is 15.4. The first-order chi connectivity index (χ1) is 15.2. The SMILES string of the molecule is CCC(=O)c1[nH]nc2c(F)c(-c3c(F)ccc(CS(=O)(=O)C4CCOCC4)c3F)ccc12. The van der Waals surface area contributed by atoms with Gasteiger partial charge in [0.15, 0.2) is 21.4 Å². The van der Waals surface area contributed by atoms with Crippen molar-refractivity contribution in [1.82, 2.24) is 10.2 Å². The lowest BCUT2D eigenvalue weighted by molar-refractivity contribution is 0.0982. The van der Waals surface area contributed by atoms with Gasteiger partial charge in [-0.3, -0.25) is 9.89 Å². The fourth-order valence-corrected chi connectivity index (χ4v) is 5.76. The van der Waals surface area contributed by atoms with Crippen molar-refractivity contribution in [3.05, 3.63) is 53.0 Å². The second-order valence-corrected chi connectivity index (χ2v) is 9.99. The largest absolute Gasteiger partial charge is 0.381 e. The Balaban J connectivity index is 1.77. The highest BCUT2D eigenvalue weighted by Crippen LogP contribution is 2.35. The molecule has 1 saturated heterocycles. The van der Waals surface area contributed by atoms with Gasteiger partial charge in [0.2, 0.25) is 0 Å². The molecule has 2 heterocycles. The van der Waals surface area contributed by atoms with Gasteiger partial charge in [-0.15, -0.1) is 0 Å². The Hall–Kier alpha value is -2.72. The van der Waals surface area contributed by atoms with Crippen LogP contribution in [0.15, 0.2) is 24.3 Å². The van der Waals surface area contributed by atoms with E-state index in [0.29, 0.717) is 26.1 Å². The monoisotopic (exact) mass is 466 g/mol. The zero-order valence-corrected chi connectivity index (χ0v) is 18.1. The first kappa shape index (κ1) is 22.5. The van der Waals surface area contributed by atoms with Crippen LogP contribution in [0.3, 0.4) is 0 Å². The smallest absolute Gasteiger partial charge is 0.180 e. The summed E-state index contributed by atoms with van der Waals surface area (Å²) in [7, 11) is -3.72. The number of Topliss-reactive ketones (excluding diaryl/α,β-unsaturated/α-hetero) is 1. The zero-order chi connectivity index (χ0) is 23.0. The lowest BCUT2D eigenvalue weighted by atomic mass is 9.99. The highest BCUT2D eigenvalue weighted by Gasteiger charge is 2.30. The van der Waals surface area contributed by atoms with Crippen LogP contribution in [-0.4, -0.2) is 42.9 Å². The number of carbonyl (C=O) groups excluding carboxylic acids is 1. The van der Waals surface area contributed by atoms with E-state index in [4.69, 9.17) is 4.74 Å². The molecule has 1 aromatic heterocycles. The second kappa shape index (κ2) is 8.67. The second-order valence-electron chi connectivity index (χ2n) is 7.71. The number of aromatic nitrogens is 2. The van der Waals surface area contributed by atoms with Crippen LogP contribution < -0.4 is 0 Å². The molecule has 1 fully saturated rings. The number of H-pyrrole nitrogens is 1. The van der Waals surface area contributed by atoms with E-state index in [9.17, 15) is 17.6 Å². The average molecular weight is 466 g/mol. The Bertz CT molecular complexity index is 1300. The lowest BCUT2D eigenvalue weighted by Crippen LogP contribution is -2.30. The Labute approximate surface area is 182 Å². The van der Waals surface area contributed by atoms with E-state index >= 15 is 8.78 Å². The first-order valence-electron chi connectivity index (χ1n) is 10.2. The number of carbonyl (C=O) groups is 1.